The van der Waals surface area contributed by atoms with E-state index in [1.165, 1.54) is 6.92 Å². The van der Waals surface area contributed by atoms with Gasteiger partial charge in [0.2, 0.25) is 0 Å². The van der Waals surface area contributed by atoms with Crippen LogP contribution in [0, 0.1) is 0 Å². The highest BCUT2D eigenvalue weighted by Crippen LogP contribution is 2.21. The number of amides is 1. The summed E-state index contributed by atoms with van der Waals surface area (Å²) in [5, 5.41) is 12.4. The van der Waals surface area contributed by atoms with Crippen molar-refractivity contribution in [2.24, 2.45) is 0 Å². The lowest BCUT2D eigenvalue weighted by Gasteiger charge is -2.36. The average Bonchev–Trinajstić information content (AvgIpc) is 2.19. The molecule has 0 aromatic heterocycles. The Balaban J connectivity index is 2.77. The van der Waals surface area contributed by atoms with Gasteiger partial charge in [-0.05, 0) is 27.7 Å². The van der Waals surface area contributed by atoms with Crippen molar-refractivity contribution < 1.29 is 24.2 Å². The van der Waals surface area contributed by atoms with E-state index in [0.717, 1.165) is 0 Å². The smallest absolute Gasteiger partial charge is 0.339 e. The van der Waals surface area contributed by atoms with Crippen molar-refractivity contribution in [1.82, 2.24) is 5.32 Å². The number of nitrogens with one attached hydrogen (secondary N) is 1. The fourth-order valence-electron chi connectivity index (χ4n) is 1.45. The molecule has 1 fully saturated rings. The molecule has 6 nitrogen and oxygen atoms in total. The third-order valence-corrected chi connectivity index (χ3v) is 2.39. The zero-order valence-electron chi connectivity index (χ0n) is 10.6. The van der Waals surface area contributed by atoms with E-state index < -0.39 is 29.2 Å². The summed E-state index contributed by atoms with van der Waals surface area (Å²) in [7, 11) is 0. The molecule has 1 amide bonds. The summed E-state index contributed by atoms with van der Waals surface area (Å²) in [6, 6.07) is 0. The van der Waals surface area contributed by atoms with E-state index in [9.17, 15) is 14.7 Å². The summed E-state index contributed by atoms with van der Waals surface area (Å²) in [5.74, 6) is -1.38. The maximum absolute atomic E-state index is 11.7. The molecule has 6 heteroatoms. The number of aliphatic hydroxyl groups excluding tert-OH is 1. The number of carbonyl (C=O) groups excluding carboxylic acids is 2. The second-order valence-corrected chi connectivity index (χ2v) is 5.15. The Morgan fingerprint density at radius 2 is 2.18 bits per heavy atom. The molecule has 1 heterocycles. The van der Waals surface area contributed by atoms with E-state index in [-0.39, 0.29) is 6.61 Å². The number of aliphatic hydroxyl groups is 1. The fourth-order valence-corrected chi connectivity index (χ4v) is 1.45. The van der Waals surface area contributed by atoms with Crippen LogP contribution in [0.2, 0.25) is 0 Å². The third-order valence-electron chi connectivity index (χ3n) is 2.39. The highest BCUT2D eigenvalue weighted by atomic mass is 16.6. The molecule has 2 N–H and O–H groups in total. The van der Waals surface area contributed by atoms with Gasteiger partial charge in [0, 0.05) is 6.54 Å². The Labute approximate surface area is 100 Å². The van der Waals surface area contributed by atoms with Crippen LogP contribution in [0.5, 0.6) is 0 Å². The van der Waals surface area contributed by atoms with Gasteiger partial charge in [0.15, 0.2) is 11.7 Å². The van der Waals surface area contributed by atoms with Gasteiger partial charge in [0.05, 0.1) is 6.61 Å². The number of hydrogen-bond donors (Lipinski definition) is 2. The molecule has 0 aromatic rings. The van der Waals surface area contributed by atoms with Crippen molar-refractivity contribution in [2.45, 2.75) is 45.0 Å². The summed E-state index contributed by atoms with van der Waals surface area (Å²) in [6.45, 7) is 7.04. The van der Waals surface area contributed by atoms with E-state index in [4.69, 9.17) is 9.47 Å². The van der Waals surface area contributed by atoms with Crippen LogP contribution in [0.25, 0.3) is 0 Å². The van der Waals surface area contributed by atoms with Crippen molar-refractivity contribution in [3.8, 4) is 0 Å². The van der Waals surface area contributed by atoms with Gasteiger partial charge in [-0.3, -0.25) is 4.79 Å². The summed E-state index contributed by atoms with van der Waals surface area (Å²) in [5.41, 5.74) is -2.31. The molecule has 1 unspecified atom stereocenters. The van der Waals surface area contributed by atoms with E-state index >= 15 is 0 Å². The third kappa shape index (κ3) is 3.17. The number of ether oxygens (including phenoxy) is 2. The minimum atomic E-state index is -1.64. The predicted octanol–water partition coefficient (Wildman–Crippen LogP) is -0.406. The van der Waals surface area contributed by atoms with Gasteiger partial charge in [-0.2, -0.15) is 0 Å². The van der Waals surface area contributed by atoms with Crippen molar-refractivity contribution in [3.05, 3.63) is 0 Å². The summed E-state index contributed by atoms with van der Waals surface area (Å²) >= 11 is 0. The van der Waals surface area contributed by atoms with Gasteiger partial charge in [-0.1, -0.05) is 0 Å². The lowest BCUT2D eigenvalue weighted by Crippen LogP contribution is -2.62. The lowest BCUT2D eigenvalue weighted by atomic mass is 9.96. The Morgan fingerprint density at radius 3 is 2.65 bits per heavy atom. The minimum Gasteiger partial charge on any atom is -0.458 e. The molecular formula is C11H19NO5. The van der Waals surface area contributed by atoms with E-state index in [2.05, 4.69) is 5.32 Å². The standard InChI is InChI=1S/C11H19NO5/c1-10(2,3)17-8(14)7(13)11(4)9(15)12-5-6-16-11/h7,13H,5-6H2,1-4H3,(H,12,15)/t7?,11-/m1/s1. The highest BCUT2D eigenvalue weighted by Gasteiger charge is 2.48. The summed E-state index contributed by atoms with van der Waals surface area (Å²) in [6.07, 6.45) is -1.64. The Hall–Kier alpha value is -1.14. The molecule has 2 atom stereocenters. The van der Waals surface area contributed by atoms with Gasteiger partial charge < -0.3 is 19.9 Å². The SMILES string of the molecule is CC(C)(C)OC(=O)C(O)[C@@]1(C)OCCNC1=O. The molecule has 1 aliphatic rings. The monoisotopic (exact) mass is 245 g/mol. The maximum Gasteiger partial charge on any atom is 0.339 e. The second-order valence-electron chi connectivity index (χ2n) is 5.15. The first kappa shape index (κ1) is 13.9. The Morgan fingerprint density at radius 1 is 1.59 bits per heavy atom. The highest BCUT2D eigenvalue weighted by molar-refractivity contribution is 5.92. The van der Waals surface area contributed by atoms with Crippen LogP contribution < -0.4 is 5.32 Å². The quantitative estimate of drug-likeness (QED) is 0.646. The largest absolute Gasteiger partial charge is 0.458 e. The van der Waals surface area contributed by atoms with Gasteiger partial charge >= 0.3 is 5.97 Å². The van der Waals surface area contributed by atoms with Crippen molar-refractivity contribution in [1.29, 1.82) is 0 Å². The lowest BCUT2D eigenvalue weighted by molar-refractivity contribution is -0.193. The van der Waals surface area contributed by atoms with Crippen LogP contribution in [-0.4, -0.2) is 47.4 Å². The number of hydrogen-bond acceptors (Lipinski definition) is 5. The van der Waals surface area contributed by atoms with E-state index in [0.29, 0.717) is 6.54 Å². The Bertz CT molecular complexity index is 322. The molecule has 0 aliphatic carbocycles. The topological polar surface area (TPSA) is 84.9 Å². The van der Waals surface area contributed by atoms with Crippen molar-refractivity contribution in [2.75, 3.05) is 13.2 Å². The molecular weight excluding hydrogens is 226 g/mol. The van der Waals surface area contributed by atoms with Gasteiger partial charge in [-0.25, -0.2) is 4.79 Å². The number of morpholine rings is 1. The Kier molecular flexibility index (Phi) is 3.78. The minimum absolute atomic E-state index is 0.252. The first-order valence-corrected chi connectivity index (χ1v) is 5.50. The van der Waals surface area contributed by atoms with Crippen molar-refractivity contribution in [3.63, 3.8) is 0 Å². The average molecular weight is 245 g/mol. The molecule has 0 saturated carbocycles. The fraction of sp³-hybridized carbons (Fsp3) is 0.818. The number of carbonyl (C=O) groups is 2. The van der Waals surface area contributed by atoms with Gasteiger partial charge in [0.25, 0.3) is 5.91 Å². The summed E-state index contributed by atoms with van der Waals surface area (Å²) in [4.78, 5) is 23.3. The molecule has 1 rings (SSSR count). The zero-order valence-corrected chi connectivity index (χ0v) is 10.6. The molecule has 0 aromatic carbocycles. The second kappa shape index (κ2) is 4.62. The van der Waals surface area contributed by atoms with E-state index in [1.54, 1.807) is 20.8 Å². The molecule has 98 valence electrons. The molecule has 1 saturated heterocycles. The first-order valence-electron chi connectivity index (χ1n) is 5.50. The van der Waals surface area contributed by atoms with Crippen LogP contribution >= 0.6 is 0 Å². The van der Waals surface area contributed by atoms with Crippen LogP contribution in [0.4, 0.5) is 0 Å². The number of esters is 1. The maximum atomic E-state index is 11.7. The van der Waals surface area contributed by atoms with Gasteiger partial charge in [-0.15, -0.1) is 0 Å². The zero-order chi connectivity index (χ0) is 13.3. The normalized spacial score (nSPS) is 27.2. The first-order chi connectivity index (χ1) is 7.67. The summed E-state index contributed by atoms with van der Waals surface area (Å²) < 4.78 is 10.2. The molecule has 17 heavy (non-hydrogen) atoms. The molecule has 0 spiro atoms. The van der Waals surface area contributed by atoms with Crippen LogP contribution in [-0.2, 0) is 19.1 Å². The molecule has 1 aliphatic heterocycles. The van der Waals surface area contributed by atoms with E-state index in [1.807, 2.05) is 0 Å². The van der Waals surface area contributed by atoms with Crippen molar-refractivity contribution >= 4 is 11.9 Å². The van der Waals surface area contributed by atoms with Crippen LogP contribution in [0.15, 0.2) is 0 Å². The molecule has 0 radical (unpaired) electrons. The number of rotatable bonds is 2. The van der Waals surface area contributed by atoms with Gasteiger partial charge in [0.1, 0.15) is 5.60 Å². The predicted molar refractivity (Wildman–Crippen MR) is 59.2 cm³/mol. The molecule has 0 bridgehead atoms. The van der Waals surface area contributed by atoms with Crippen LogP contribution in [0.1, 0.15) is 27.7 Å². The van der Waals surface area contributed by atoms with Crippen LogP contribution in [0.3, 0.4) is 0 Å².